The van der Waals surface area contributed by atoms with Crippen molar-refractivity contribution in [2.24, 2.45) is 0 Å². The molecule has 2 aromatic rings. The number of aliphatic hydroxyl groups is 1. The summed E-state index contributed by atoms with van der Waals surface area (Å²) in [6.45, 7) is 0. The maximum atomic E-state index is 12.9. The lowest BCUT2D eigenvalue weighted by molar-refractivity contribution is -0.138. The van der Waals surface area contributed by atoms with E-state index >= 15 is 0 Å². The average molecular weight is 344 g/mol. The summed E-state index contributed by atoms with van der Waals surface area (Å²) in [5.41, 5.74) is -0.891. The normalized spacial score (nSPS) is 13.7. The van der Waals surface area contributed by atoms with Gasteiger partial charge in [-0.3, -0.25) is 0 Å². The number of sulfone groups is 1. The van der Waals surface area contributed by atoms with E-state index in [0.29, 0.717) is 5.56 Å². The Kier molecular flexibility index (Phi) is 5.11. The van der Waals surface area contributed by atoms with Crippen LogP contribution in [-0.2, 0) is 21.8 Å². The van der Waals surface area contributed by atoms with E-state index in [0.717, 1.165) is 12.1 Å². The van der Waals surface area contributed by atoms with Crippen LogP contribution in [0.1, 0.15) is 22.8 Å². The lowest BCUT2D eigenvalue weighted by Gasteiger charge is -2.15. The second kappa shape index (κ2) is 6.72. The van der Waals surface area contributed by atoms with E-state index in [-0.39, 0.29) is 5.56 Å². The fourth-order valence-corrected chi connectivity index (χ4v) is 3.75. The van der Waals surface area contributed by atoms with Crippen molar-refractivity contribution in [3.63, 3.8) is 0 Å². The van der Waals surface area contributed by atoms with Crippen LogP contribution in [0.25, 0.3) is 0 Å². The highest BCUT2D eigenvalue weighted by molar-refractivity contribution is 7.90. The first kappa shape index (κ1) is 17.5. The predicted octanol–water partition coefficient (Wildman–Crippen LogP) is 3.35. The van der Waals surface area contributed by atoms with Gasteiger partial charge in [0.25, 0.3) is 0 Å². The summed E-state index contributed by atoms with van der Waals surface area (Å²) < 4.78 is 63.0. The van der Waals surface area contributed by atoms with Gasteiger partial charge in [-0.1, -0.05) is 48.5 Å². The predicted molar refractivity (Wildman–Crippen MR) is 80.3 cm³/mol. The van der Waals surface area contributed by atoms with Gasteiger partial charge in [0.05, 0.1) is 23.2 Å². The molecule has 0 unspecified atom stereocenters. The van der Waals surface area contributed by atoms with Crippen LogP contribution in [0.2, 0.25) is 0 Å². The van der Waals surface area contributed by atoms with E-state index in [1.54, 1.807) is 30.3 Å². The molecule has 3 nitrogen and oxygen atoms in total. The summed E-state index contributed by atoms with van der Waals surface area (Å²) in [7, 11) is -3.91. The van der Waals surface area contributed by atoms with E-state index in [1.165, 1.54) is 12.1 Å². The van der Waals surface area contributed by atoms with Crippen molar-refractivity contribution in [1.82, 2.24) is 0 Å². The van der Waals surface area contributed by atoms with Crippen molar-refractivity contribution in [2.75, 3.05) is 5.75 Å². The molecule has 0 spiro atoms. The Labute approximate surface area is 132 Å². The van der Waals surface area contributed by atoms with Gasteiger partial charge in [0, 0.05) is 0 Å². The Bertz CT molecular complexity index is 756. The van der Waals surface area contributed by atoms with Crippen LogP contribution < -0.4 is 0 Å². The SMILES string of the molecule is O=S(=O)(Cc1ccccc1C(F)(F)F)C[C@H](O)c1ccccc1. The molecule has 0 radical (unpaired) electrons. The molecule has 0 saturated heterocycles. The Morgan fingerprint density at radius 1 is 0.957 bits per heavy atom. The molecule has 0 aromatic heterocycles. The van der Waals surface area contributed by atoms with Gasteiger partial charge in [-0.25, -0.2) is 8.42 Å². The van der Waals surface area contributed by atoms with Crippen LogP contribution in [0.3, 0.4) is 0 Å². The van der Waals surface area contributed by atoms with Crippen LogP contribution >= 0.6 is 0 Å². The summed E-state index contributed by atoms with van der Waals surface area (Å²) in [4.78, 5) is 0. The summed E-state index contributed by atoms with van der Waals surface area (Å²) in [6, 6.07) is 12.7. The van der Waals surface area contributed by atoms with Gasteiger partial charge in [-0.2, -0.15) is 13.2 Å². The summed E-state index contributed by atoms with van der Waals surface area (Å²) >= 11 is 0. The van der Waals surface area contributed by atoms with E-state index in [4.69, 9.17) is 0 Å². The molecule has 124 valence electrons. The Hall–Kier alpha value is -1.86. The molecule has 0 amide bonds. The van der Waals surface area contributed by atoms with Crippen LogP contribution in [0.4, 0.5) is 13.2 Å². The van der Waals surface area contributed by atoms with Crippen LogP contribution in [0, 0.1) is 0 Å². The lowest BCUT2D eigenvalue weighted by Crippen LogP contribution is -2.18. The van der Waals surface area contributed by atoms with E-state index in [9.17, 15) is 26.7 Å². The molecule has 1 atom stereocenters. The monoisotopic (exact) mass is 344 g/mol. The molecule has 0 saturated carbocycles. The lowest BCUT2D eigenvalue weighted by atomic mass is 10.1. The Morgan fingerprint density at radius 3 is 2.13 bits per heavy atom. The van der Waals surface area contributed by atoms with Gasteiger partial charge in [0.2, 0.25) is 0 Å². The van der Waals surface area contributed by atoms with Crippen molar-refractivity contribution < 1.29 is 26.7 Å². The zero-order valence-corrected chi connectivity index (χ0v) is 12.8. The van der Waals surface area contributed by atoms with E-state index in [1.807, 2.05) is 0 Å². The van der Waals surface area contributed by atoms with Gasteiger partial charge >= 0.3 is 6.18 Å². The first-order valence-corrected chi connectivity index (χ1v) is 8.60. The van der Waals surface area contributed by atoms with Crippen LogP contribution in [0.15, 0.2) is 54.6 Å². The number of hydrogen-bond donors (Lipinski definition) is 1. The summed E-state index contributed by atoms with van der Waals surface area (Å²) in [6.07, 6.45) is -5.90. The number of rotatable bonds is 5. The zero-order valence-electron chi connectivity index (χ0n) is 12.0. The number of alkyl halides is 3. The highest BCUT2D eigenvalue weighted by atomic mass is 32.2. The van der Waals surface area contributed by atoms with Gasteiger partial charge in [-0.05, 0) is 17.2 Å². The molecule has 0 bridgehead atoms. The first-order valence-electron chi connectivity index (χ1n) is 6.77. The highest BCUT2D eigenvalue weighted by Crippen LogP contribution is 2.33. The third-order valence-electron chi connectivity index (χ3n) is 3.29. The summed E-state index contributed by atoms with van der Waals surface area (Å²) in [5, 5.41) is 9.96. The molecule has 0 aliphatic carbocycles. The quantitative estimate of drug-likeness (QED) is 0.905. The molecule has 2 rings (SSSR count). The topological polar surface area (TPSA) is 54.4 Å². The molecule has 0 aliphatic heterocycles. The minimum Gasteiger partial charge on any atom is -0.387 e. The van der Waals surface area contributed by atoms with Crippen LogP contribution in [0.5, 0.6) is 0 Å². The smallest absolute Gasteiger partial charge is 0.387 e. The number of aliphatic hydroxyl groups excluding tert-OH is 1. The Morgan fingerprint density at radius 2 is 1.52 bits per heavy atom. The standard InChI is InChI=1S/C16H15F3O3S/c17-16(18,19)14-9-5-4-8-13(14)10-23(21,22)11-15(20)12-6-2-1-3-7-12/h1-9,15,20H,10-11H2/t15-/m0/s1. The summed E-state index contributed by atoms with van der Waals surface area (Å²) in [5.74, 6) is -1.41. The first-order chi connectivity index (χ1) is 10.7. The van der Waals surface area contributed by atoms with Crippen molar-refractivity contribution in [2.45, 2.75) is 18.0 Å². The molecular formula is C16H15F3O3S. The number of benzene rings is 2. The fraction of sp³-hybridized carbons (Fsp3) is 0.250. The Balaban J connectivity index is 2.20. The minimum atomic E-state index is -4.62. The van der Waals surface area contributed by atoms with Gasteiger partial charge in [-0.15, -0.1) is 0 Å². The average Bonchev–Trinajstić information content (AvgIpc) is 2.46. The third kappa shape index (κ3) is 4.80. The van der Waals surface area contributed by atoms with Gasteiger partial charge in [0.1, 0.15) is 0 Å². The molecule has 1 N–H and O–H groups in total. The molecular weight excluding hydrogens is 329 g/mol. The van der Waals surface area contributed by atoms with Gasteiger partial charge in [0.15, 0.2) is 9.84 Å². The molecule has 7 heteroatoms. The van der Waals surface area contributed by atoms with E-state index in [2.05, 4.69) is 0 Å². The largest absolute Gasteiger partial charge is 0.416 e. The fourth-order valence-electron chi connectivity index (χ4n) is 2.23. The molecule has 0 fully saturated rings. The maximum Gasteiger partial charge on any atom is 0.416 e. The van der Waals surface area contributed by atoms with E-state index < -0.39 is 39.2 Å². The second-order valence-electron chi connectivity index (χ2n) is 5.14. The number of hydrogen-bond acceptors (Lipinski definition) is 3. The molecule has 2 aromatic carbocycles. The molecule has 0 heterocycles. The molecule has 0 aliphatic rings. The highest BCUT2D eigenvalue weighted by Gasteiger charge is 2.34. The minimum absolute atomic E-state index is 0.319. The van der Waals surface area contributed by atoms with Gasteiger partial charge < -0.3 is 5.11 Å². The molecule has 23 heavy (non-hydrogen) atoms. The number of halogens is 3. The van der Waals surface area contributed by atoms with Crippen molar-refractivity contribution >= 4 is 9.84 Å². The van der Waals surface area contributed by atoms with Crippen molar-refractivity contribution in [3.05, 3.63) is 71.3 Å². The zero-order chi connectivity index (χ0) is 17.1. The maximum absolute atomic E-state index is 12.9. The second-order valence-corrected chi connectivity index (χ2v) is 7.25. The van der Waals surface area contributed by atoms with Crippen molar-refractivity contribution in [3.8, 4) is 0 Å². The third-order valence-corrected chi connectivity index (χ3v) is 4.87. The van der Waals surface area contributed by atoms with Crippen molar-refractivity contribution in [1.29, 1.82) is 0 Å². The van der Waals surface area contributed by atoms with Crippen LogP contribution in [-0.4, -0.2) is 19.3 Å².